The van der Waals surface area contributed by atoms with E-state index < -0.39 is 0 Å². The molecule has 19 heavy (non-hydrogen) atoms. The number of hydrogen-bond donors (Lipinski definition) is 0. The predicted octanol–water partition coefficient (Wildman–Crippen LogP) is 5.79. The molecule has 0 spiro atoms. The van der Waals surface area contributed by atoms with Gasteiger partial charge in [-0.15, -0.1) is 0 Å². The van der Waals surface area contributed by atoms with Gasteiger partial charge < -0.3 is 0 Å². The van der Waals surface area contributed by atoms with E-state index in [4.69, 9.17) is 23.2 Å². The average Bonchev–Trinajstić information content (AvgIpc) is 2.36. The van der Waals surface area contributed by atoms with Crippen LogP contribution in [0.3, 0.4) is 0 Å². The smallest absolute Gasteiger partial charge is 0.145 e. The molecule has 1 unspecified atom stereocenters. The Morgan fingerprint density at radius 3 is 2.58 bits per heavy atom. The van der Waals surface area contributed by atoms with Gasteiger partial charge in [0, 0.05) is 5.02 Å². The van der Waals surface area contributed by atoms with Gasteiger partial charge in [0.25, 0.3) is 0 Å². The summed E-state index contributed by atoms with van der Waals surface area (Å²) in [5, 5.41) is 0.903. The van der Waals surface area contributed by atoms with Crippen molar-refractivity contribution in [3.05, 3.63) is 69.0 Å². The Balaban J connectivity index is 2.25. The molecule has 0 radical (unpaired) electrons. The molecule has 0 heterocycles. The number of aryl methyl sites for hydroxylation is 1. The van der Waals surface area contributed by atoms with E-state index in [2.05, 4.69) is 0 Å². The number of halogens is 3. The average molecular weight is 297 g/mol. The molecule has 0 saturated heterocycles. The van der Waals surface area contributed by atoms with Crippen LogP contribution in [0.15, 0.2) is 36.4 Å². The van der Waals surface area contributed by atoms with Crippen LogP contribution in [0, 0.1) is 12.7 Å². The highest BCUT2D eigenvalue weighted by Crippen LogP contribution is 2.28. The minimum absolute atomic E-state index is 0.0681. The second-order valence-corrected chi connectivity index (χ2v) is 5.66. The van der Waals surface area contributed by atoms with Gasteiger partial charge in [-0.25, -0.2) is 4.39 Å². The Morgan fingerprint density at radius 2 is 1.89 bits per heavy atom. The Morgan fingerprint density at radius 1 is 1.16 bits per heavy atom. The molecule has 0 bridgehead atoms. The van der Waals surface area contributed by atoms with E-state index in [1.807, 2.05) is 32.0 Å². The first-order valence-corrected chi connectivity index (χ1v) is 6.93. The molecule has 2 aromatic carbocycles. The van der Waals surface area contributed by atoms with Gasteiger partial charge in [0.2, 0.25) is 0 Å². The third-order valence-electron chi connectivity index (χ3n) is 3.34. The molecule has 0 nitrogen and oxygen atoms in total. The third-order valence-corrected chi connectivity index (χ3v) is 3.87. The van der Waals surface area contributed by atoms with Crippen molar-refractivity contribution in [3.63, 3.8) is 0 Å². The van der Waals surface area contributed by atoms with Crippen molar-refractivity contribution in [2.75, 3.05) is 0 Å². The van der Waals surface area contributed by atoms with E-state index in [1.165, 1.54) is 5.56 Å². The van der Waals surface area contributed by atoms with Gasteiger partial charge in [0.1, 0.15) is 5.82 Å². The second-order valence-electron chi connectivity index (χ2n) is 4.82. The lowest BCUT2D eigenvalue weighted by Crippen LogP contribution is -2.03. The summed E-state index contributed by atoms with van der Waals surface area (Å²) in [5.41, 5.74) is 2.96. The summed E-state index contributed by atoms with van der Waals surface area (Å²) >= 11 is 11.8. The van der Waals surface area contributed by atoms with Crippen molar-refractivity contribution >= 4 is 23.2 Å². The lowest BCUT2D eigenvalue weighted by atomic mass is 9.91. The third kappa shape index (κ3) is 3.29. The predicted molar refractivity (Wildman–Crippen MR) is 79.7 cm³/mol. The van der Waals surface area contributed by atoms with Crippen molar-refractivity contribution in [1.82, 2.24) is 0 Å². The van der Waals surface area contributed by atoms with Crippen molar-refractivity contribution < 1.29 is 4.39 Å². The highest BCUT2D eigenvalue weighted by atomic mass is 35.5. The Hall–Kier alpha value is -1.05. The Bertz CT molecular complexity index is 593. The van der Waals surface area contributed by atoms with E-state index in [0.717, 1.165) is 17.0 Å². The molecule has 0 fully saturated rings. The molecule has 0 aliphatic carbocycles. The van der Waals surface area contributed by atoms with Crippen LogP contribution in [0.4, 0.5) is 4.39 Å². The minimum atomic E-state index is -0.316. The Labute approximate surface area is 123 Å². The zero-order valence-corrected chi connectivity index (χ0v) is 12.4. The number of benzene rings is 2. The number of rotatable bonds is 3. The highest BCUT2D eigenvalue weighted by molar-refractivity contribution is 6.31. The molecule has 0 N–H and O–H groups in total. The van der Waals surface area contributed by atoms with Crippen LogP contribution in [0.1, 0.15) is 29.5 Å². The van der Waals surface area contributed by atoms with Crippen LogP contribution in [-0.2, 0) is 6.42 Å². The monoisotopic (exact) mass is 296 g/mol. The summed E-state index contributed by atoms with van der Waals surface area (Å²) in [6.07, 6.45) is 0.764. The summed E-state index contributed by atoms with van der Waals surface area (Å²) in [4.78, 5) is 0. The standard InChI is InChI=1S/C16H15Cl2F/c1-10-9-13(17)7-6-12(10)8-11(2)14-4-3-5-15(18)16(14)19/h3-7,9,11H,8H2,1-2H3. The van der Waals surface area contributed by atoms with Crippen molar-refractivity contribution in [1.29, 1.82) is 0 Å². The van der Waals surface area contributed by atoms with Gasteiger partial charge in [-0.2, -0.15) is 0 Å². The molecule has 100 valence electrons. The second kappa shape index (κ2) is 5.94. The lowest BCUT2D eigenvalue weighted by molar-refractivity contribution is 0.588. The highest BCUT2D eigenvalue weighted by Gasteiger charge is 2.14. The van der Waals surface area contributed by atoms with Gasteiger partial charge in [-0.05, 0) is 54.2 Å². The van der Waals surface area contributed by atoms with Crippen LogP contribution >= 0.6 is 23.2 Å². The SMILES string of the molecule is Cc1cc(Cl)ccc1CC(C)c1cccc(Cl)c1F. The zero-order chi connectivity index (χ0) is 14.0. The summed E-state index contributed by atoms with van der Waals surface area (Å²) < 4.78 is 14.0. The number of hydrogen-bond acceptors (Lipinski definition) is 0. The summed E-state index contributed by atoms with van der Waals surface area (Å²) in [7, 11) is 0. The fourth-order valence-corrected chi connectivity index (χ4v) is 2.64. The maximum absolute atomic E-state index is 14.0. The van der Waals surface area contributed by atoms with Gasteiger partial charge in [0.15, 0.2) is 0 Å². The fourth-order valence-electron chi connectivity index (χ4n) is 2.23. The van der Waals surface area contributed by atoms with E-state index in [-0.39, 0.29) is 16.8 Å². The van der Waals surface area contributed by atoms with Crippen LogP contribution in [0.25, 0.3) is 0 Å². The van der Waals surface area contributed by atoms with E-state index in [0.29, 0.717) is 5.56 Å². The molecule has 0 aromatic heterocycles. The fraction of sp³-hybridized carbons (Fsp3) is 0.250. The molecular weight excluding hydrogens is 282 g/mol. The van der Waals surface area contributed by atoms with Gasteiger partial charge in [0.05, 0.1) is 5.02 Å². The molecule has 2 rings (SSSR count). The first kappa shape index (κ1) is 14.4. The first-order chi connectivity index (χ1) is 8.99. The zero-order valence-electron chi connectivity index (χ0n) is 10.9. The largest absolute Gasteiger partial charge is 0.205 e. The molecule has 0 aliphatic rings. The molecule has 2 aromatic rings. The first-order valence-electron chi connectivity index (χ1n) is 6.18. The van der Waals surface area contributed by atoms with Crippen molar-refractivity contribution in [2.24, 2.45) is 0 Å². The molecule has 0 aliphatic heterocycles. The minimum Gasteiger partial charge on any atom is -0.205 e. The molecule has 1 atom stereocenters. The molecule has 0 amide bonds. The maximum atomic E-state index is 14.0. The lowest BCUT2D eigenvalue weighted by Gasteiger charge is -2.15. The van der Waals surface area contributed by atoms with Crippen molar-refractivity contribution in [2.45, 2.75) is 26.2 Å². The van der Waals surface area contributed by atoms with Gasteiger partial charge in [-0.3, -0.25) is 0 Å². The van der Waals surface area contributed by atoms with E-state index in [9.17, 15) is 4.39 Å². The summed E-state index contributed by atoms with van der Waals surface area (Å²) in [5.74, 6) is -0.248. The maximum Gasteiger partial charge on any atom is 0.145 e. The Kier molecular flexibility index (Phi) is 4.49. The summed E-state index contributed by atoms with van der Waals surface area (Å²) in [6, 6.07) is 10.9. The van der Waals surface area contributed by atoms with E-state index in [1.54, 1.807) is 18.2 Å². The summed E-state index contributed by atoms with van der Waals surface area (Å²) in [6.45, 7) is 4.02. The van der Waals surface area contributed by atoms with Crippen LogP contribution < -0.4 is 0 Å². The normalized spacial score (nSPS) is 12.5. The quantitative estimate of drug-likeness (QED) is 0.673. The topological polar surface area (TPSA) is 0 Å². The van der Waals surface area contributed by atoms with Crippen LogP contribution in [0.5, 0.6) is 0 Å². The van der Waals surface area contributed by atoms with Crippen LogP contribution in [0.2, 0.25) is 10.0 Å². The molecule has 0 saturated carbocycles. The van der Waals surface area contributed by atoms with Crippen molar-refractivity contribution in [3.8, 4) is 0 Å². The van der Waals surface area contributed by atoms with Gasteiger partial charge in [-0.1, -0.05) is 48.3 Å². The van der Waals surface area contributed by atoms with Gasteiger partial charge >= 0.3 is 0 Å². The van der Waals surface area contributed by atoms with Crippen LogP contribution in [-0.4, -0.2) is 0 Å². The van der Waals surface area contributed by atoms with E-state index >= 15 is 0 Å². The molecule has 3 heteroatoms. The molecular formula is C16H15Cl2F.